The van der Waals surface area contributed by atoms with E-state index in [0.717, 1.165) is 70.1 Å². The average Bonchev–Trinajstić information content (AvgIpc) is 3.90. The van der Waals surface area contributed by atoms with Crippen molar-refractivity contribution in [2.45, 2.75) is 139 Å². The Hall–Kier alpha value is -4.44. The molecule has 1 saturated heterocycles. The van der Waals surface area contributed by atoms with E-state index < -0.39 is 20.0 Å². The van der Waals surface area contributed by atoms with Gasteiger partial charge in [0.05, 0.1) is 56.4 Å². The molecular formula is C54H72BrN7O5S2. The van der Waals surface area contributed by atoms with E-state index in [0.29, 0.717) is 36.4 Å². The van der Waals surface area contributed by atoms with Crippen LogP contribution in [0.1, 0.15) is 117 Å². The molecule has 3 heterocycles. The Kier molecular flexibility index (Phi) is 15.3. The Morgan fingerprint density at radius 2 is 0.971 bits per heavy atom. The molecule has 12 nitrogen and oxygen atoms in total. The molecule has 4 aromatic carbocycles. The van der Waals surface area contributed by atoms with Crippen LogP contribution in [-0.2, 0) is 48.7 Å². The second kappa shape index (κ2) is 20.7. The predicted octanol–water partition coefficient (Wildman–Crippen LogP) is 12.1. The van der Waals surface area contributed by atoms with Crippen LogP contribution in [0.2, 0.25) is 0 Å². The third-order valence-electron chi connectivity index (χ3n) is 14.2. The van der Waals surface area contributed by atoms with Crippen molar-refractivity contribution in [3.05, 3.63) is 101 Å². The minimum Gasteiger partial charge on any atom is -0.378 e. The minimum absolute atomic E-state index is 0.0940. The maximum absolute atomic E-state index is 13.5. The van der Waals surface area contributed by atoms with Crippen molar-refractivity contribution >= 4 is 75.1 Å². The average molecular weight is 1040 g/mol. The molecule has 3 fully saturated rings. The predicted molar refractivity (Wildman–Crippen MR) is 285 cm³/mol. The van der Waals surface area contributed by atoms with Crippen LogP contribution in [0.25, 0.3) is 22.1 Å². The van der Waals surface area contributed by atoms with E-state index in [1.54, 1.807) is 50.5 Å². The zero-order valence-electron chi connectivity index (χ0n) is 41.9. The molecule has 0 bridgehead atoms. The van der Waals surface area contributed by atoms with Gasteiger partial charge in [0.2, 0.25) is 0 Å². The summed E-state index contributed by atoms with van der Waals surface area (Å²) in [6, 6.07) is 25.6. The third kappa shape index (κ3) is 11.4. The number of aromatic nitrogens is 4. The van der Waals surface area contributed by atoms with E-state index in [1.165, 1.54) is 72.8 Å². The molecule has 0 atom stereocenters. The number of anilines is 3. The summed E-state index contributed by atoms with van der Waals surface area (Å²) in [5.41, 5.74) is 5.92. The quantitative estimate of drug-likeness (QED) is 0.126. The lowest BCUT2D eigenvalue weighted by molar-refractivity contribution is 0.122. The molecule has 2 aliphatic carbocycles. The lowest BCUT2D eigenvalue weighted by atomic mass is 9.88. The molecule has 69 heavy (non-hydrogen) atoms. The number of fused-ring (bicyclic) bond motifs is 2. The van der Waals surface area contributed by atoms with Crippen LogP contribution < -0.4 is 13.5 Å². The first-order valence-corrected chi connectivity index (χ1v) is 28.6. The highest BCUT2D eigenvalue weighted by atomic mass is 79.9. The number of halogens is 1. The Morgan fingerprint density at radius 3 is 1.36 bits per heavy atom. The topological polar surface area (TPSA) is 123 Å². The fourth-order valence-corrected chi connectivity index (χ4v) is 12.9. The van der Waals surface area contributed by atoms with E-state index in [-0.39, 0.29) is 20.6 Å². The molecular weight excluding hydrogens is 971 g/mol. The van der Waals surface area contributed by atoms with Gasteiger partial charge in [-0.3, -0.25) is 8.61 Å². The number of morpholine rings is 1. The number of rotatable bonds is 11. The maximum atomic E-state index is 13.5. The van der Waals surface area contributed by atoms with Gasteiger partial charge in [0.1, 0.15) is 11.6 Å². The van der Waals surface area contributed by atoms with Crippen LogP contribution in [-0.4, -0.2) is 76.3 Å². The molecule has 0 radical (unpaired) electrons. The number of hydrogen-bond acceptors (Lipinski definition) is 8. The van der Waals surface area contributed by atoms with Crippen LogP contribution in [0.5, 0.6) is 0 Å². The fraction of sp³-hybridized carbons (Fsp3) is 0.519. The van der Waals surface area contributed by atoms with Gasteiger partial charge >= 0.3 is 0 Å². The highest BCUT2D eigenvalue weighted by Gasteiger charge is 2.30. The van der Waals surface area contributed by atoms with Crippen molar-refractivity contribution in [2.75, 3.05) is 53.9 Å². The van der Waals surface area contributed by atoms with Gasteiger partial charge in [0, 0.05) is 61.3 Å². The number of imidazole rings is 2. The lowest BCUT2D eigenvalue weighted by Crippen LogP contribution is -2.36. The van der Waals surface area contributed by atoms with Gasteiger partial charge in [0.25, 0.3) is 20.0 Å². The highest BCUT2D eigenvalue weighted by molar-refractivity contribution is 9.10. The first kappa shape index (κ1) is 50.9. The van der Waals surface area contributed by atoms with E-state index in [4.69, 9.17) is 14.7 Å². The van der Waals surface area contributed by atoms with Gasteiger partial charge in [-0.25, -0.2) is 26.8 Å². The zero-order valence-corrected chi connectivity index (χ0v) is 45.1. The van der Waals surface area contributed by atoms with Gasteiger partial charge < -0.3 is 18.8 Å². The van der Waals surface area contributed by atoms with Crippen LogP contribution in [0.3, 0.4) is 0 Å². The van der Waals surface area contributed by atoms with Crippen molar-refractivity contribution in [3.8, 4) is 0 Å². The molecule has 0 spiro atoms. The van der Waals surface area contributed by atoms with E-state index in [9.17, 15) is 16.8 Å². The first-order chi connectivity index (χ1) is 32.7. The molecule has 9 rings (SSSR count). The highest BCUT2D eigenvalue weighted by Crippen LogP contribution is 2.36. The molecule has 2 aromatic heterocycles. The summed E-state index contributed by atoms with van der Waals surface area (Å²) in [6.07, 6.45) is 13.0. The molecule has 3 aliphatic rings. The molecule has 0 amide bonds. The van der Waals surface area contributed by atoms with E-state index >= 15 is 0 Å². The van der Waals surface area contributed by atoms with E-state index in [2.05, 4.69) is 71.5 Å². The molecule has 0 unspecified atom stereocenters. The van der Waals surface area contributed by atoms with Gasteiger partial charge in [-0.15, -0.1) is 0 Å². The summed E-state index contributed by atoms with van der Waals surface area (Å²) >= 11 is 3.36. The second-order valence-electron chi connectivity index (χ2n) is 21.4. The summed E-state index contributed by atoms with van der Waals surface area (Å²) in [7, 11) is -4.14. The number of hydrogen-bond donors (Lipinski definition) is 0. The largest absolute Gasteiger partial charge is 0.378 e. The Balaban J connectivity index is 0.000000188. The Bertz CT molecular complexity index is 2940. The number of sulfonamides is 2. The van der Waals surface area contributed by atoms with Gasteiger partial charge in [-0.05, 0) is 122 Å². The first-order valence-electron chi connectivity index (χ1n) is 24.9. The monoisotopic (exact) mass is 1040 g/mol. The number of nitrogens with zero attached hydrogens (tertiary/aromatic N) is 7. The van der Waals surface area contributed by atoms with Crippen molar-refractivity contribution in [3.63, 3.8) is 0 Å². The molecule has 15 heteroatoms. The van der Waals surface area contributed by atoms with Crippen molar-refractivity contribution < 1.29 is 21.6 Å². The smallest absolute Gasteiger partial charge is 0.264 e. The Labute approximate surface area is 419 Å². The lowest BCUT2D eigenvalue weighted by Gasteiger charge is -2.29. The number of ether oxygens (including phenoxy) is 1. The number of benzene rings is 4. The molecule has 0 N–H and O–H groups in total. The summed E-state index contributed by atoms with van der Waals surface area (Å²) in [6.45, 7) is 18.1. The van der Waals surface area contributed by atoms with Crippen LogP contribution >= 0.6 is 15.9 Å². The van der Waals surface area contributed by atoms with Crippen molar-refractivity contribution in [1.29, 1.82) is 0 Å². The van der Waals surface area contributed by atoms with Gasteiger partial charge in [-0.2, -0.15) is 0 Å². The standard InChI is InChI=1S/C29H40N4O3S.C25H32BrN3O2S/c1-29(2,3)28-30-26-20-24(12-15-27(26)33(28)21-22-8-6-5-7-9-22)31(4)37(34,35)25-13-10-23(11-14-25)32-16-18-36-19-17-32;1-25(2,3)24-27-22-16-20(28(4)32(30,31)21-13-10-19(26)11-14-21)12-15-23(22)29(24)17-18-8-6-5-7-9-18/h10-15,20,22H,5-9,16-19,21H2,1-4H3;10-16,18H,5-9,17H2,1-4H3. The van der Waals surface area contributed by atoms with Crippen molar-refractivity contribution in [1.82, 2.24) is 19.1 Å². The summed E-state index contributed by atoms with van der Waals surface area (Å²) < 4.78 is 67.1. The summed E-state index contributed by atoms with van der Waals surface area (Å²) in [5.74, 6) is 3.49. The summed E-state index contributed by atoms with van der Waals surface area (Å²) in [4.78, 5) is 12.8. The minimum atomic E-state index is -3.71. The van der Waals surface area contributed by atoms with Gasteiger partial charge in [-0.1, -0.05) is 96.0 Å². The van der Waals surface area contributed by atoms with Crippen LogP contribution in [0.4, 0.5) is 17.1 Å². The second-order valence-corrected chi connectivity index (χ2v) is 26.3. The third-order valence-corrected chi connectivity index (χ3v) is 18.3. The summed E-state index contributed by atoms with van der Waals surface area (Å²) in [5, 5.41) is 0. The fourth-order valence-electron chi connectivity index (χ4n) is 10.2. The van der Waals surface area contributed by atoms with Crippen molar-refractivity contribution in [2.24, 2.45) is 11.8 Å². The molecule has 2 saturated carbocycles. The molecule has 372 valence electrons. The maximum Gasteiger partial charge on any atom is 0.264 e. The van der Waals surface area contributed by atoms with Gasteiger partial charge in [0.15, 0.2) is 0 Å². The SMILES string of the molecule is CN(c1ccc2c(c1)nc(C(C)(C)C)n2CC1CCCCC1)S(=O)(=O)c1ccc(Br)cc1.CN(c1ccc2c(c1)nc(C(C)(C)C)n2CC1CCCCC1)S(=O)(=O)c1ccc(N2CCOCC2)cc1. The molecule has 6 aromatic rings. The molecule has 1 aliphatic heterocycles. The normalized spacial score (nSPS) is 17.0. The van der Waals surface area contributed by atoms with Crippen LogP contribution in [0.15, 0.2) is 99.2 Å². The van der Waals surface area contributed by atoms with E-state index in [1.807, 2.05) is 48.5 Å². The van der Waals surface area contributed by atoms with Crippen LogP contribution in [0, 0.1) is 11.8 Å². The Morgan fingerprint density at radius 1 is 0.580 bits per heavy atom. The zero-order chi connectivity index (χ0) is 49.3.